The van der Waals surface area contributed by atoms with Crippen molar-refractivity contribution in [3.63, 3.8) is 0 Å². The van der Waals surface area contributed by atoms with Gasteiger partial charge in [-0.3, -0.25) is 4.79 Å². The summed E-state index contributed by atoms with van der Waals surface area (Å²) in [6, 6.07) is 0. The predicted molar refractivity (Wildman–Crippen MR) is 64.5 cm³/mol. The quantitative estimate of drug-likeness (QED) is 0.777. The zero-order chi connectivity index (χ0) is 12.3. The van der Waals surface area contributed by atoms with E-state index in [0.717, 1.165) is 32.1 Å². The van der Waals surface area contributed by atoms with Gasteiger partial charge in [0.2, 0.25) is 5.91 Å². The minimum Gasteiger partial charge on any atom is -0.394 e. The molecule has 0 spiro atoms. The summed E-state index contributed by atoms with van der Waals surface area (Å²) in [6.07, 6.45) is 4.82. The summed E-state index contributed by atoms with van der Waals surface area (Å²) in [4.78, 5) is 12.3. The van der Waals surface area contributed by atoms with Gasteiger partial charge in [-0.05, 0) is 25.2 Å². The molecule has 1 heterocycles. The number of aliphatic hydroxyl groups excluding tert-OH is 1. The third-order valence-electron chi connectivity index (χ3n) is 4.23. The molecule has 2 aliphatic rings. The molecule has 0 radical (unpaired) electrons. The molecule has 0 aromatic rings. The average molecular weight is 241 g/mol. The molecule has 1 saturated heterocycles. The van der Waals surface area contributed by atoms with Gasteiger partial charge in [0.15, 0.2) is 0 Å². The molecule has 1 amide bonds. The molecular formula is C13H23NO3. The Morgan fingerprint density at radius 2 is 2.18 bits per heavy atom. The Kier molecular flexibility index (Phi) is 4.05. The van der Waals surface area contributed by atoms with Crippen molar-refractivity contribution in [1.82, 2.24) is 5.32 Å². The molecule has 98 valence electrons. The molecule has 17 heavy (non-hydrogen) atoms. The van der Waals surface area contributed by atoms with E-state index in [-0.39, 0.29) is 29.9 Å². The van der Waals surface area contributed by atoms with Crippen LogP contribution in [0.15, 0.2) is 0 Å². The first-order valence-corrected chi connectivity index (χ1v) is 6.67. The van der Waals surface area contributed by atoms with Crippen LogP contribution < -0.4 is 5.32 Å². The van der Waals surface area contributed by atoms with Crippen molar-refractivity contribution in [1.29, 1.82) is 0 Å². The lowest BCUT2D eigenvalue weighted by Crippen LogP contribution is -2.52. The molecule has 1 aliphatic carbocycles. The van der Waals surface area contributed by atoms with Crippen LogP contribution in [0.5, 0.6) is 0 Å². The van der Waals surface area contributed by atoms with Crippen LogP contribution in [-0.2, 0) is 9.53 Å². The topological polar surface area (TPSA) is 58.6 Å². The lowest BCUT2D eigenvalue weighted by molar-refractivity contribution is -0.133. The normalized spacial score (nSPS) is 32.4. The molecule has 2 rings (SSSR count). The minimum atomic E-state index is -0.338. The van der Waals surface area contributed by atoms with Crippen LogP contribution in [0.25, 0.3) is 0 Å². The van der Waals surface area contributed by atoms with Crippen molar-refractivity contribution in [2.45, 2.75) is 44.6 Å². The molecule has 2 unspecified atom stereocenters. The maximum atomic E-state index is 12.3. The Balaban J connectivity index is 1.95. The van der Waals surface area contributed by atoms with Crippen LogP contribution in [0, 0.1) is 11.8 Å². The lowest BCUT2D eigenvalue weighted by Gasteiger charge is -2.33. The van der Waals surface area contributed by atoms with Crippen LogP contribution in [0.1, 0.15) is 39.0 Å². The highest BCUT2D eigenvalue weighted by molar-refractivity contribution is 5.80. The standard InChI is InChI=1S/C13H23NO3/c1-10-8-17-7-4-11(10)12(16)14-13(9-15)5-2-3-6-13/h10-11,15H,2-9H2,1H3,(H,14,16). The Morgan fingerprint density at radius 3 is 2.76 bits per heavy atom. The maximum absolute atomic E-state index is 12.3. The summed E-state index contributed by atoms with van der Waals surface area (Å²) in [6.45, 7) is 3.47. The average Bonchev–Trinajstić information content (AvgIpc) is 2.79. The number of aliphatic hydroxyl groups is 1. The molecule has 1 saturated carbocycles. The molecule has 2 atom stereocenters. The third-order valence-corrected chi connectivity index (χ3v) is 4.23. The van der Waals surface area contributed by atoms with Gasteiger partial charge in [0.1, 0.15) is 0 Å². The van der Waals surface area contributed by atoms with E-state index in [2.05, 4.69) is 12.2 Å². The fraction of sp³-hybridized carbons (Fsp3) is 0.923. The highest BCUT2D eigenvalue weighted by atomic mass is 16.5. The predicted octanol–water partition coefficient (Wildman–Crippen LogP) is 1.08. The number of rotatable bonds is 3. The molecule has 4 heteroatoms. The van der Waals surface area contributed by atoms with E-state index >= 15 is 0 Å². The fourth-order valence-corrected chi connectivity index (χ4v) is 3.00. The molecule has 0 aromatic heterocycles. The highest BCUT2D eigenvalue weighted by Crippen LogP contribution is 2.30. The van der Waals surface area contributed by atoms with Gasteiger partial charge in [0, 0.05) is 19.1 Å². The smallest absolute Gasteiger partial charge is 0.224 e. The highest BCUT2D eigenvalue weighted by Gasteiger charge is 2.38. The van der Waals surface area contributed by atoms with E-state index < -0.39 is 0 Å². The number of hydrogen-bond donors (Lipinski definition) is 2. The van der Waals surface area contributed by atoms with Crippen molar-refractivity contribution in [2.75, 3.05) is 19.8 Å². The first-order valence-electron chi connectivity index (χ1n) is 6.67. The summed E-state index contributed by atoms with van der Waals surface area (Å²) >= 11 is 0. The van der Waals surface area contributed by atoms with Crippen molar-refractivity contribution in [2.24, 2.45) is 11.8 Å². The molecule has 4 nitrogen and oxygen atoms in total. The lowest BCUT2D eigenvalue weighted by atomic mass is 9.87. The van der Waals surface area contributed by atoms with Crippen molar-refractivity contribution >= 4 is 5.91 Å². The van der Waals surface area contributed by atoms with Gasteiger partial charge in [-0.15, -0.1) is 0 Å². The monoisotopic (exact) mass is 241 g/mol. The Labute approximate surface area is 103 Å². The number of amides is 1. The van der Waals surface area contributed by atoms with Crippen molar-refractivity contribution in [3.05, 3.63) is 0 Å². The summed E-state index contributed by atoms with van der Waals surface area (Å²) < 4.78 is 5.35. The van der Waals surface area contributed by atoms with Gasteiger partial charge in [-0.1, -0.05) is 19.8 Å². The van der Waals surface area contributed by atoms with Gasteiger partial charge in [0.25, 0.3) is 0 Å². The largest absolute Gasteiger partial charge is 0.394 e. The van der Waals surface area contributed by atoms with E-state index in [9.17, 15) is 9.90 Å². The number of ether oxygens (including phenoxy) is 1. The number of carbonyl (C=O) groups is 1. The van der Waals surface area contributed by atoms with Crippen LogP contribution >= 0.6 is 0 Å². The van der Waals surface area contributed by atoms with Gasteiger partial charge in [0.05, 0.1) is 12.1 Å². The first kappa shape index (κ1) is 12.8. The summed E-state index contributed by atoms with van der Waals surface area (Å²) in [5.74, 6) is 0.436. The van der Waals surface area contributed by atoms with Gasteiger partial charge < -0.3 is 15.2 Å². The minimum absolute atomic E-state index is 0.0489. The molecule has 0 bridgehead atoms. The molecule has 2 fully saturated rings. The Bertz CT molecular complexity index is 274. The zero-order valence-electron chi connectivity index (χ0n) is 10.6. The van der Waals surface area contributed by atoms with Crippen LogP contribution in [0.3, 0.4) is 0 Å². The van der Waals surface area contributed by atoms with E-state index in [0.29, 0.717) is 13.2 Å². The molecule has 0 aromatic carbocycles. The van der Waals surface area contributed by atoms with Crippen molar-refractivity contribution in [3.8, 4) is 0 Å². The fourth-order valence-electron chi connectivity index (χ4n) is 3.00. The summed E-state index contributed by atoms with van der Waals surface area (Å²) in [7, 11) is 0. The van der Waals surface area contributed by atoms with Crippen LogP contribution in [0.4, 0.5) is 0 Å². The SMILES string of the molecule is CC1COCCC1C(=O)NC1(CO)CCCC1. The Morgan fingerprint density at radius 1 is 1.47 bits per heavy atom. The van der Waals surface area contributed by atoms with Gasteiger partial charge >= 0.3 is 0 Å². The first-order chi connectivity index (χ1) is 8.17. The second-order valence-electron chi connectivity index (χ2n) is 5.58. The number of carbonyl (C=O) groups excluding carboxylic acids is 1. The van der Waals surface area contributed by atoms with E-state index in [1.165, 1.54) is 0 Å². The maximum Gasteiger partial charge on any atom is 0.224 e. The van der Waals surface area contributed by atoms with E-state index in [1.807, 2.05) is 0 Å². The zero-order valence-corrected chi connectivity index (χ0v) is 10.6. The second-order valence-corrected chi connectivity index (χ2v) is 5.58. The summed E-state index contributed by atoms with van der Waals surface area (Å²) in [5, 5.41) is 12.6. The number of hydrogen-bond acceptors (Lipinski definition) is 3. The van der Waals surface area contributed by atoms with Gasteiger partial charge in [-0.2, -0.15) is 0 Å². The molecule has 1 aliphatic heterocycles. The van der Waals surface area contributed by atoms with Gasteiger partial charge in [-0.25, -0.2) is 0 Å². The third kappa shape index (κ3) is 2.80. The number of nitrogens with one attached hydrogen (secondary N) is 1. The Hall–Kier alpha value is -0.610. The summed E-state index contributed by atoms with van der Waals surface area (Å²) in [5.41, 5.74) is -0.338. The van der Waals surface area contributed by atoms with Crippen LogP contribution in [-0.4, -0.2) is 36.4 Å². The van der Waals surface area contributed by atoms with E-state index in [4.69, 9.17) is 4.74 Å². The second kappa shape index (κ2) is 5.36. The van der Waals surface area contributed by atoms with Crippen LogP contribution in [0.2, 0.25) is 0 Å². The molecule has 2 N–H and O–H groups in total. The van der Waals surface area contributed by atoms with Crippen molar-refractivity contribution < 1.29 is 14.6 Å². The van der Waals surface area contributed by atoms with E-state index in [1.54, 1.807) is 0 Å². The molecular weight excluding hydrogens is 218 g/mol.